The highest BCUT2D eigenvalue weighted by Gasteiger charge is 2.27. The van der Waals surface area contributed by atoms with E-state index in [2.05, 4.69) is 20.7 Å². The second-order valence-corrected chi connectivity index (χ2v) is 6.80. The maximum atomic E-state index is 12.9. The topological polar surface area (TPSA) is 72.7 Å². The monoisotopic (exact) mass is 369 g/mol. The van der Waals surface area contributed by atoms with Crippen molar-refractivity contribution in [3.63, 3.8) is 0 Å². The zero-order valence-electron chi connectivity index (χ0n) is 14.8. The van der Waals surface area contributed by atoms with Crippen LogP contribution in [0.3, 0.4) is 0 Å². The van der Waals surface area contributed by atoms with Crippen LogP contribution in [0.5, 0.6) is 0 Å². The highest BCUT2D eigenvalue weighted by atomic mass is 35.5. The first kappa shape index (κ1) is 18.1. The van der Waals surface area contributed by atoms with Gasteiger partial charge in [-0.2, -0.15) is 4.80 Å². The van der Waals surface area contributed by atoms with Gasteiger partial charge in [0.15, 0.2) is 6.04 Å². The lowest BCUT2D eigenvalue weighted by molar-refractivity contribution is -0.121. The predicted octanol–water partition coefficient (Wildman–Crippen LogP) is 4.14. The molecule has 26 heavy (non-hydrogen) atoms. The van der Waals surface area contributed by atoms with E-state index in [0.29, 0.717) is 16.5 Å². The van der Waals surface area contributed by atoms with E-state index in [0.717, 1.165) is 11.1 Å². The summed E-state index contributed by atoms with van der Waals surface area (Å²) in [6.07, 6.45) is 0. The zero-order chi connectivity index (χ0) is 18.7. The fraction of sp³-hybridized carbons (Fsp3) is 0.263. The highest BCUT2D eigenvalue weighted by Crippen LogP contribution is 2.25. The number of nitrogens with one attached hydrogen (secondary N) is 1. The average molecular weight is 370 g/mol. The van der Waals surface area contributed by atoms with Crippen molar-refractivity contribution in [3.8, 4) is 11.4 Å². The largest absolute Gasteiger partial charge is 0.324 e. The van der Waals surface area contributed by atoms with Crippen LogP contribution in [0.15, 0.2) is 48.5 Å². The summed E-state index contributed by atoms with van der Waals surface area (Å²) in [6, 6.07) is 14.4. The average Bonchev–Trinajstić information content (AvgIpc) is 3.09. The number of carbonyl (C=O) groups excluding carboxylic acids is 1. The Morgan fingerprint density at radius 1 is 1.12 bits per heavy atom. The van der Waals surface area contributed by atoms with Crippen LogP contribution >= 0.6 is 11.6 Å². The number of hydrogen-bond acceptors (Lipinski definition) is 4. The number of halogens is 1. The molecule has 1 atom stereocenters. The van der Waals surface area contributed by atoms with Gasteiger partial charge in [0.1, 0.15) is 0 Å². The Balaban J connectivity index is 1.86. The van der Waals surface area contributed by atoms with Crippen LogP contribution in [0.4, 0.5) is 5.69 Å². The van der Waals surface area contributed by atoms with Crippen molar-refractivity contribution in [1.29, 1.82) is 0 Å². The Kier molecular flexibility index (Phi) is 5.32. The van der Waals surface area contributed by atoms with Crippen molar-refractivity contribution in [3.05, 3.63) is 59.1 Å². The Bertz CT molecular complexity index is 907. The van der Waals surface area contributed by atoms with Crippen molar-refractivity contribution in [2.75, 3.05) is 5.32 Å². The minimum Gasteiger partial charge on any atom is -0.324 e. The Morgan fingerprint density at radius 2 is 1.85 bits per heavy atom. The van der Waals surface area contributed by atoms with E-state index in [4.69, 9.17) is 11.6 Å². The van der Waals surface area contributed by atoms with E-state index in [9.17, 15) is 4.79 Å². The molecule has 6 nitrogen and oxygen atoms in total. The minimum atomic E-state index is -0.585. The molecule has 1 unspecified atom stereocenters. The molecule has 7 heteroatoms. The smallest absolute Gasteiger partial charge is 0.251 e. The minimum absolute atomic E-state index is 0.0210. The summed E-state index contributed by atoms with van der Waals surface area (Å²) < 4.78 is 0. The van der Waals surface area contributed by atoms with Gasteiger partial charge in [-0.25, -0.2) is 0 Å². The summed E-state index contributed by atoms with van der Waals surface area (Å²) in [5, 5.41) is 16.1. The van der Waals surface area contributed by atoms with Gasteiger partial charge in [0, 0.05) is 16.3 Å². The molecule has 0 saturated carbocycles. The quantitative estimate of drug-likeness (QED) is 0.733. The number of tetrazole rings is 1. The number of rotatable bonds is 5. The van der Waals surface area contributed by atoms with Crippen LogP contribution in [-0.4, -0.2) is 26.1 Å². The molecule has 3 aromatic rings. The molecule has 2 aromatic carbocycles. The second-order valence-electron chi connectivity index (χ2n) is 6.39. The second kappa shape index (κ2) is 7.66. The molecule has 134 valence electrons. The van der Waals surface area contributed by atoms with E-state index < -0.39 is 6.04 Å². The Hall–Kier alpha value is -2.73. The first-order valence-electron chi connectivity index (χ1n) is 8.38. The number of aromatic nitrogens is 4. The van der Waals surface area contributed by atoms with Crippen LogP contribution in [0.2, 0.25) is 5.02 Å². The van der Waals surface area contributed by atoms with Crippen molar-refractivity contribution in [2.45, 2.75) is 26.8 Å². The zero-order valence-corrected chi connectivity index (χ0v) is 15.6. The summed E-state index contributed by atoms with van der Waals surface area (Å²) in [7, 11) is 0. The Morgan fingerprint density at radius 3 is 2.54 bits per heavy atom. The van der Waals surface area contributed by atoms with Gasteiger partial charge in [-0.1, -0.05) is 61.8 Å². The Labute approximate surface area is 157 Å². The van der Waals surface area contributed by atoms with Crippen LogP contribution < -0.4 is 5.32 Å². The van der Waals surface area contributed by atoms with E-state index in [1.165, 1.54) is 4.80 Å². The molecule has 0 aliphatic rings. The lowest BCUT2D eigenvalue weighted by Crippen LogP contribution is -2.31. The summed E-state index contributed by atoms with van der Waals surface area (Å²) in [4.78, 5) is 14.3. The lowest BCUT2D eigenvalue weighted by Gasteiger charge is -2.19. The molecular weight excluding hydrogens is 350 g/mol. The molecule has 0 fully saturated rings. The van der Waals surface area contributed by atoms with Crippen molar-refractivity contribution in [2.24, 2.45) is 5.92 Å². The first-order valence-corrected chi connectivity index (χ1v) is 8.76. The summed E-state index contributed by atoms with van der Waals surface area (Å²) in [6.45, 7) is 5.75. The number of amides is 1. The third-order valence-corrected chi connectivity index (χ3v) is 4.54. The van der Waals surface area contributed by atoms with Crippen LogP contribution in [0.25, 0.3) is 11.4 Å². The normalized spacial score (nSPS) is 12.2. The number of anilines is 1. The molecule has 0 spiro atoms. The van der Waals surface area contributed by atoms with Crippen LogP contribution in [0, 0.1) is 12.8 Å². The fourth-order valence-corrected chi connectivity index (χ4v) is 2.84. The fourth-order valence-electron chi connectivity index (χ4n) is 2.67. The number of nitrogens with zero attached hydrogens (tertiary/aromatic N) is 4. The van der Waals surface area contributed by atoms with Crippen molar-refractivity contribution in [1.82, 2.24) is 20.2 Å². The molecule has 1 heterocycles. The summed E-state index contributed by atoms with van der Waals surface area (Å²) >= 11 is 6.14. The number of benzene rings is 2. The van der Waals surface area contributed by atoms with Gasteiger partial charge in [0.2, 0.25) is 5.82 Å². The van der Waals surface area contributed by atoms with E-state index in [1.807, 2.05) is 57.2 Å². The number of hydrogen-bond donors (Lipinski definition) is 1. The standard InChI is InChI=1S/C19H20ClN5O/c1-12(2)17(19(26)21-16-11-7-10-15(20)13(16)3)25-23-18(22-24-25)14-8-5-4-6-9-14/h4-12,17H,1-3H3,(H,21,26). The molecule has 0 aliphatic heterocycles. The molecule has 1 amide bonds. The summed E-state index contributed by atoms with van der Waals surface area (Å²) in [5.41, 5.74) is 2.35. The molecule has 0 radical (unpaired) electrons. The van der Waals surface area contributed by atoms with E-state index >= 15 is 0 Å². The molecular formula is C19H20ClN5O. The maximum absolute atomic E-state index is 12.9. The SMILES string of the molecule is Cc1c(Cl)cccc1NC(=O)C(C(C)C)n1nnc(-c2ccccc2)n1. The highest BCUT2D eigenvalue weighted by molar-refractivity contribution is 6.31. The van der Waals surface area contributed by atoms with Crippen LogP contribution in [0.1, 0.15) is 25.5 Å². The lowest BCUT2D eigenvalue weighted by atomic mass is 10.0. The van der Waals surface area contributed by atoms with Gasteiger partial charge in [0.05, 0.1) is 0 Å². The van der Waals surface area contributed by atoms with Gasteiger partial charge in [-0.15, -0.1) is 10.2 Å². The van der Waals surface area contributed by atoms with Gasteiger partial charge in [-0.3, -0.25) is 4.79 Å². The molecule has 3 rings (SSSR count). The third-order valence-electron chi connectivity index (χ3n) is 4.13. The molecule has 0 bridgehead atoms. The van der Waals surface area contributed by atoms with Gasteiger partial charge in [0.25, 0.3) is 5.91 Å². The number of carbonyl (C=O) groups is 1. The maximum Gasteiger partial charge on any atom is 0.251 e. The van der Waals surface area contributed by atoms with Crippen molar-refractivity contribution < 1.29 is 4.79 Å². The van der Waals surface area contributed by atoms with Gasteiger partial charge >= 0.3 is 0 Å². The molecule has 0 saturated heterocycles. The van der Waals surface area contributed by atoms with E-state index in [1.54, 1.807) is 12.1 Å². The van der Waals surface area contributed by atoms with E-state index in [-0.39, 0.29) is 11.8 Å². The molecule has 0 aliphatic carbocycles. The van der Waals surface area contributed by atoms with Gasteiger partial charge < -0.3 is 5.32 Å². The van der Waals surface area contributed by atoms with Crippen molar-refractivity contribution >= 4 is 23.2 Å². The third kappa shape index (κ3) is 3.75. The molecule has 1 N–H and O–H groups in total. The predicted molar refractivity (Wildman–Crippen MR) is 102 cm³/mol. The van der Waals surface area contributed by atoms with Crippen LogP contribution in [-0.2, 0) is 4.79 Å². The molecule has 1 aromatic heterocycles. The van der Waals surface area contributed by atoms with Gasteiger partial charge in [-0.05, 0) is 35.8 Å². The summed E-state index contributed by atoms with van der Waals surface area (Å²) in [5.74, 6) is 0.262. The first-order chi connectivity index (χ1) is 12.5.